The van der Waals surface area contributed by atoms with Crippen molar-refractivity contribution in [3.63, 3.8) is 0 Å². The fourth-order valence-electron chi connectivity index (χ4n) is 1.98. The summed E-state index contributed by atoms with van der Waals surface area (Å²) in [6.45, 7) is 6.86. The van der Waals surface area contributed by atoms with Gasteiger partial charge in [-0.1, -0.05) is 13.8 Å². The van der Waals surface area contributed by atoms with E-state index in [9.17, 15) is 0 Å². The summed E-state index contributed by atoms with van der Waals surface area (Å²) < 4.78 is 11.1. The van der Waals surface area contributed by atoms with Crippen LogP contribution in [0.2, 0.25) is 0 Å². The summed E-state index contributed by atoms with van der Waals surface area (Å²) in [6.07, 6.45) is 5.46. The smallest absolute Gasteiger partial charge is 0.0704 e. The van der Waals surface area contributed by atoms with Gasteiger partial charge in [-0.2, -0.15) is 12.6 Å². The van der Waals surface area contributed by atoms with Crippen LogP contribution in [-0.4, -0.2) is 31.7 Å². The topological polar surface area (TPSA) is 18.5 Å². The largest absolute Gasteiger partial charge is 0.378 e. The molecule has 0 atom stereocenters. The molecular formula is C12H24O2S. The Morgan fingerprint density at radius 3 is 2.40 bits per heavy atom. The van der Waals surface area contributed by atoms with Crippen LogP contribution in [0.15, 0.2) is 0 Å². The zero-order valence-electron chi connectivity index (χ0n) is 10.00. The van der Waals surface area contributed by atoms with E-state index in [1.807, 2.05) is 0 Å². The maximum Gasteiger partial charge on any atom is 0.0704 e. The minimum atomic E-state index is 0.470. The second-order valence-electron chi connectivity index (χ2n) is 5.07. The van der Waals surface area contributed by atoms with Crippen molar-refractivity contribution in [2.24, 2.45) is 5.41 Å². The van der Waals surface area contributed by atoms with Crippen LogP contribution in [0.5, 0.6) is 0 Å². The average molecular weight is 232 g/mol. The van der Waals surface area contributed by atoms with Gasteiger partial charge in [0.25, 0.3) is 0 Å². The van der Waals surface area contributed by atoms with E-state index in [0.717, 1.165) is 19.0 Å². The molecule has 0 aromatic carbocycles. The van der Waals surface area contributed by atoms with Gasteiger partial charge < -0.3 is 9.47 Å². The van der Waals surface area contributed by atoms with Gasteiger partial charge in [0.05, 0.1) is 25.9 Å². The zero-order chi connectivity index (χ0) is 11.1. The predicted molar refractivity (Wildman–Crippen MR) is 66.7 cm³/mol. The van der Waals surface area contributed by atoms with E-state index in [0.29, 0.717) is 18.1 Å². The first-order chi connectivity index (χ1) is 7.14. The summed E-state index contributed by atoms with van der Waals surface area (Å²) in [5.74, 6) is 0.789. The lowest BCUT2D eigenvalue weighted by Crippen LogP contribution is -2.27. The number of rotatable bonds is 6. The summed E-state index contributed by atoms with van der Waals surface area (Å²) >= 11 is 4.08. The lowest BCUT2D eigenvalue weighted by atomic mass is 9.76. The molecule has 1 aliphatic rings. The van der Waals surface area contributed by atoms with Crippen molar-refractivity contribution >= 4 is 12.6 Å². The Balaban J connectivity index is 1.99. The number of ether oxygens (including phenoxy) is 2. The first kappa shape index (κ1) is 13.3. The first-order valence-corrected chi connectivity index (χ1v) is 6.57. The van der Waals surface area contributed by atoms with Crippen LogP contribution in [0.25, 0.3) is 0 Å². The van der Waals surface area contributed by atoms with Crippen LogP contribution in [0.3, 0.4) is 0 Å². The standard InChI is InChI=1S/C12H24O2S/c1-12(2)5-3-11(4-6-12)14-8-7-13-9-10-15/h11,15H,3-10H2,1-2H3. The normalized spacial score (nSPS) is 21.8. The molecule has 0 spiro atoms. The van der Waals surface area contributed by atoms with E-state index >= 15 is 0 Å². The van der Waals surface area contributed by atoms with E-state index in [1.165, 1.54) is 25.7 Å². The summed E-state index contributed by atoms with van der Waals surface area (Å²) in [5, 5.41) is 0. The lowest BCUT2D eigenvalue weighted by Gasteiger charge is -2.34. The zero-order valence-corrected chi connectivity index (χ0v) is 10.9. The van der Waals surface area contributed by atoms with Gasteiger partial charge in [0.15, 0.2) is 0 Å². The van der Waals surface area contributed by atoms with E-state index in [1.54, 1.807) is 0 Å². The highest BCUT2D eigenvalue weighted by molar-refractivity contribution is 7.80. The van der Waals surface area contributed by atoms with Crippen LogP contribution in [0.1, 0.15) is 39.5 Å². The Kier molecular flexibility index (Phi) is 6.02. The number of hydrogen-bond donors (Lipinski definition) is 1. The molecule has 0 N–H and O–H groups in total. The predicted octanol–water partition coefficient (Wildman–Crippen LogP) is 2.92. The third-order valence-corrected chi connectivity index (χ3v) is 3.29. The van der Waals surface area contributed by atoms with Gasteiger partial charge >= 0.3 is 0 Å². The summed E-state index contributed by atoms with van der Waals surface area (Å²) in [7, 11) is 0. The van der Waals surface area contributed by atoms with Gasteiger partial charge in [0, 0.05) is 5.75 Å². The molecule has 1 saturated carbocycles. The minimum Gasteiger partial charge on any atom is -0.378 e. The number of hydrogen-bond acceptors (Lipinski definition) is 3. The van der Waals surface area contributed by atoms with Gasteiger partial charge in [-0.3, -0.25) is 0 Å². The molecule has 0 unspecified atom stereocenters. The van der Waals surface area contributed by atoms with Crippen LogP contribution in [0.4, 0.5) is 0 Å². The fraction of sp³-hybridized carbons (Fsp3) is 1.00. The van der Waals surface area contributed by atoms with Gasteiger partial charge in [-0.15, -0.1) is 0 Å². The van der Waals surface area contributed by atoms with Crippen molar-refractivity contribution in [2.45, 2.75) is 45.6 Å². The van der Waals surface area contributed by atoms with E-state index in [2.05, 4.69) is 26.5 Å². The molecule has 0 aromatic rings. The van der Waals surface area contributed by atoms with Gasteiger partial charge in [-0.05, 0) is 31.1 Å². The maximum absolute atomic E-state index is 5.77. The van der Waals surface area contributed by atoms with Crippen LogP contribution in [-0.2, 0) is 9.47 Å². The molecule has 1 rings (SSSR count). The molecule has 15 heavy (non-hydrogen) atoms. The molecule has 0 heterocycles. The highest BCUT2D eigenvalue weighted by Crippen LogP contribution is 2.35. The van der Waals surface area contributed by atoms with Crippen molar-refractivity contribution in [1.82, 2.24) is 0 Å². The van der Waals surface area contributed by atoms with Crippen molar-refractivity contribution in [3.05, 3.63) is 0 Å². The van der Waals surface area contributed by atoms with Crippen molar-refractivity contribution in [2.75, 3.05) is 25.6 Å². The van der Waals surface area contributed by atoms with E-state index in [-0.39, 0.29) is 0 Å². The molecule has 0 radical (unpaired) electrons. The van der Waals surface area contributed by atoms with E-state index < -0.39 is 0 Å². The Morgan fingerprint density at radius 1 is 1.13 bits per heavy atom. The molecule has 0 aromatic heterocycles. The van der Waals surface area contributed by atoms with Crippen molar-refractivity contribution in [3.8, 4) is 0 Å². The van der Waals surface area contributed by atoms with Crippen LogP contribution in [0, 0.1) is 5.41 Å². The average Bonchev–Trinajstić information content (AvgIpc) is 2.20. The highest BCUT2D eigenvalue weighted by Gasteiger charge is 2.26. The fourth-order valence-corrected chi connectivity index (χ4v) is 2.11. The molecule has 2 nitrogen and oxygen atoms in total. The van der Waals surface area contributed by atoms with Crippen molar-refractivity contribution < 1.29 is 9.47 Å². The monoisotopic (exact) mass is 232 g/mol. The summed E-state index contributed by atoms with van der Waals surface area (Å²) in [5.41, 5.74) is 0.530. The third-order valence-electron chi connectivity index (χ3n) is 3.10. The summed E-state index contributed by atoms with van der Waals surface area (Å²) in [4.78, 5) is 0. The Bertz CT molecular complexity index is 161. The molecule has 0 aliphatic heterocycles. The van der Waals surface area contributed by atoms with Gasteiger partial charge in [0.2, 0.25) is 0 Å². The molecule has 0 bridgehead atoms. The SMILES string of the molecule is CC1(C)CCC(OCCOCCS)CC1. The molecule has 90 valence electrons. The molecular weight excluding hydrogens is 208 g/mol. The Hall–Kier alpha value is 0.270. The molecule has 3 heteroatoms. The minimum absolute atomic E-state index is 0.470. The van der Waals surface area contributed by atoms with Crippen molar-refractivity contribution in [1.29, 1.82) is 0 Å². The highest BCUT2D eigenvalue weighted by atomic mass is 32.1. The second kappa shape index (κ2) is 6.77. The maximum atomic E-state index is 5.77. The Morgan fingerprint density at radius 2 is 1.80 bits per heavy atom. The lowest BCUT2D eigenvalue weighted by molar-refractivity contribution is -0.0228. The summed E-state index contributed by atoms with van der Waals surface area (Å²) in [6, 6.07) is 0. The van der Waals surface area contributed by atoms with Crippen LogP contribution < -0.4 is 0 Å². The van der Waals surface area contributed by atoms with E-state index in [4.69, 9.17) is 9.47 Å². The Labute approximate surface area is 99.1 Å². The molecule has 1 aliphatic carbocycles. The third kappa shape index (κ3) is 5.79. The van der Waals surface area contributed by atoms with Gasteiger partial charge in [0.1, 0.15) is 0 Å². The molecule has 0 saturated heterocycles. The number of thiol groups is 1. The quantitative estimate of drug-likeness (QED) is 0.561. The molecule has 1 fully saturated rings. The van der Waals surface area contributed by atoms with Crippen LogP contribution >= 0.6 is 12.6 Å². The second-order valence-corrected chi connectivity index (χ2v) is 5.52. The first-order valence-electron chi connectivity index (χ1n) is 5.94. The van der Waals surface area contributed by atoms with Gasteiger partial charge in [-0.25, -0.2) is 0 Å². The molecule has 0 amide bonds.